The highest BCUT2D eigenvalue weighted by Crippen LogP contribution is 2.43. The molecule has 0 aromatic heterocycles. The van der Waals surface area contributed by atoms with Crippen LogP contribution in [0, 0.1) is 0 Å². The van der Waals surface area contributed by atoms with Gasteiger partial charge in [-0.3, -0.25) is 0 Å². The van der Waals surface area contributed by atoms with Gasteiger partial charge in [0.1, 0.15) is 165 Å². The van der Waals surface area contributed by atoms with Crippen LogP contribution in [-0.2, 0) is 161 Å². The molecule has 576 valence electrons. The van der Waals surface area contributed by atoms with E-state index < -0.39 is 215 Å². The fourth-order valence-corrected chi connectivity index (χ4v) is 14.8. The molecule has 35 atom stereocenters. The molecule has 37 nitrogen and oxygen atoms in total. The summed E-state index contributed by atoms with van der Waals surface area (Å²) in [6.45, 7) is -0.678. The van der Waals surface area contributed by atoms with E-state index in [0.29, 0.717) is 0 Å². The number of azide groups is 1. The van der Waals surface area contributed by atoms with Crippen LogP contribution in [0.5, 0.6) is 0 Å². The van der Waals surface area contributed by atoms with Gasteiger partial charge in [0.05, 0.1) is 52.3 Å². The van der Waals surface area contributed by atoms with E-state index in [1.54, 1.807) is 0 Å². The molecule has 21 heterocycles. The minimum absolute atomic E-state index is 0.0494. The van der Waals surface area contributed by atoms with Crippen molar-refractivity contribution in [1.29, 1.82) is 0 Å². The molecule has 0 N–H and O–H groups in total. The zero-order valence-corrected chi connectivity index (χ0v) is 60.4. The number of ether oxygens (including phenoxy) is 34. The van der Waals surface area contributed by atoms with E-state index in [4.69, 9.17) is 161 Å². The smallest absolute Gasteiger partial charge is 0.187 e. The van der Waals surface area contributed by atoms with Crippen LogP contribution in [0.4, 0.5) is 0 Å². The Morgan fingerprint density at radius 3 is 0.485 bits per heavy atom. The van der Waals surface area contributed by atoms with Gasteiger partial charge in [0, 0.05) is 147 Å². The van der Waals surface area contributed by atoms with Crippen molar-refractivity contribution in [2.24, 2.45) is 5.11 Å². The summed E-state index contributed by atoms with van der Waals surface area (Å²) < 4.78 is 220. The number of nitrogens with zero attached hydrogens (tertiary/aromatic N) is 3. The van der Waals surface area contributed by atoms with Crippen molar-refractivity contribution in [3.8, 4) is 0 Å². The third kappa shape index (κ3) is 18.2. The van der Waals surface area contributed by atoms with Crippen molar-refractivity contribution in [2.45, 2.75) is 215 Å². The van der Waals surface area contributed by atoms with E-state index in [1.807, 2.05) is 0 Å². The third-order valence-electron chi connectivity index (χ3n) is 19.3. The van der Waals surface area contributed by atoms with E-state index in [2.05, 4.69) is 10.0 Å². The third-order valence-corrected chi connectivity index (χ3v) is 19.3. The Morgan fingerprint density at radius 2 is 0.354 bits per heavy atom. The Labute approximate surface area is 578 Å². The predicted octanol–water partition coefficient (Wildman–Crippen LogP) is -0.831. The lowest BCUT2D eigenvalue weighted by molar-refractivity contribution is -0.402. The van der Waals surface area contributed by atoms with Crippen LogP contribution in [0.25, 0.3) is 10.4 Å². The summed E-state index contributed by atoms with van der Waals surface area (Å²) >= 11 is 0. The maximum Gasteiger partial charge on any atom is 0.187 e. The standard InChI is InChI=1S/C62H109N3O34/c1-66-22-29-36-43(73-8)51(81-16)58(88-29)96-38-31(24-68-3)90-60(53(83-18)45(38)75-10)98-40-33(26-70-5)92-62(55(85-20)47(40)77-12)99-41-34(27-71-6)91-61(54(84-19)48(41)78-13)97-39-32(25-69-4)89-59(52(82-17)46(39)76-11)95-37-30(23-67-2)87-57(50(80-15)44(37)74-9)93-35-28(21-64-65-63)86-56(94-36)49(79-14)42(35)72-7/h28-62H,21-27H2,1-20H3/t28-,29-,30-,31-,32-,33-,34-,35-,36-,37-,38-,39-,40-,41-,42+,43+,44+,45+,46+,47+,48+,49-,50-,51-,52-,53-,54-,55-,56-,57-,58-,59-,60-,61-,62-/m1/s1. The summed E-state index contributed by atoms with van der Waals surface area (Å²) in [6, 6.07) is 0. The average Bonchev–Trinajstić information content (AvgIpc) is 0.775. The quantitative estimate of drug-likeness (QED) is 0.0524. The highest BCUT2D eigenvalue weighted by molar-refractivity contribution is 5.04. The van der Waals surface area contributed by atoms with E-state index in [0.717, 1.165) is 0 Å². The fourth-order valence-electron chi connectivity index (χ4n) is 14.8. The molecular weight excluding hydrogens is 1330 g/mol. The molecule has 0 aromatic rings. The van der Waals surface area contributed by atoms with Crippen molar-refractivity contribution in [3.63, 3.8) is 0 Å². The maximum absolute atomic E-state index is 9.84. The first-order valence-electron chi connectivity index (χ1n) is 32.7. The Kier molecular flexibility index (Phi) is 33.9. The lowest BCUT2D eigenvalue weighted by atomic mass is 9.94. The Balaban J connectivity index is 1.24. The van der Waals surface area contributed by atoms with E-state index in [-0.39, 0.29) is 46.2 Å². The van der Waals surface area contributed by atoms with Crippen molar-refractivity contribution in [1.82, 2.24) is 0 Å². The Morgan fingerprint density at radius 1 is 0.212 bits per heavy atom. The summed E-state index contributed by atoms with van der Waals surface area (Å²) in [5.74, 6) is 0. The van der Waals surface area contributed by atoms with Crippen LogP contribution < -0.4 is 0 Å². The Bertz CT molecular complexity index is 2320. The molecule has 0 spiro atoms. The molecule has 21 fully saturated rings. The van der Waals surface area contributed by atoms with Crippen molar-refractivity contribution < 1.29 is 161 Å². The minimum Gasteiger partial charge on any atom is -0.382 e. The minimum atomic E-state index is -1.32. The van der Waals surface area contributed by atoms with E-state index in [1.165, 1.54) is 142 Å². The van der Waals surface area contributed by atoms with Gasteiger partial charge >= 0.3 is 0 Å². The number of hydrogen-bond donors (Lipinski definition) is 0. The first-order valence-corrected chi connectivity index (χ1v) is 32.7. The summed E-state index contributed by atoms with van der Waals surface area (Å²) in [6.07, 6.45) is -37.4. The van der Waals surface area contributed by atoms with Crippen LogP contribution in [0.3, 0.4) is 0 Å². The molecule has 0 amide bonds. The molecule has 0 aromatic carbocycles. The number of hydrogen-bond acceptors (Lipinski definition) is 35. The van der Waals surface area contributed by atoms with Crippen molar-refractivity contribution in [2.75, 3.05) is 188 Å². The SMILES string of the molecule is COC[C@H]1O[C@@H]2O[C@H]3[C@H](OC)[C@@H](OC)[C@@H](O[C@H]4[C@H](OC)[C@@H](OC)[C@@H](O[C@H]5[C@H](OC)[C@@H](OC)[C@@H](O[C@H]6[C@H](OC)[C@@H](OC)[C@@H](O[C@H]7[C@H](OC)[C@@H](OC)[C@@H](O[C@H]8[C@H](OC)[C@@H](OC)[C@@H](O[C@H]1[C@H](OC)[C@H]2OC)O[C@@H]8CN=[N+]=[N-])O[C@@H]7COC)O[C@@H]6COC)O[C@@H]5COC)O[C@@H]4COC)O[C@@H]3COC. The Hall–Kier alpha value is -2.05. The second kappa shape index (κ2) is 40.6. The van der Waals surface area contributed by atoms with Gasteiger partial charge in [0.25, 0.3) is 0 Å². The van der Waals surface area contributed by atoms with Crippen LogP contribution >= 0.6 is 0 Å². The maximum atomic E-state index is 9.84. The lowest BCUT2D eigenvalue weighted by Gasteiger charge is -2.52. The van der Waals surface area contributed by atoms with Crippen LogP contribution in [0.2, 0.25) is 0 Å². The van der Waals surface area contributed by atoms with Crippen LogP contribution in [-0.4, -0.2) is 403 Å². The van der Waals surface area contributed by atoms with Gasteiger partial charge in [-0.25, -0.2) is 0 Å². The second-order valence-electron chi connectivity index (χ2n) is 24.5. The van der Waals surface area contributed by atoms with Gasteiger partial charge in [-0.05, 0) is 5.53 Å². The zero-order chi connectivity index (χ0) is 71.6. The van der Waals surface area contributed by atoms with E-state index in [9.17, 15) is 5.53 Å². The highest BCUT2D eigenvalue weighted by Gasteiger charge is 2.62. The number of rotatable bonds is 28. The highest BCUT2D eigenvalue weighted by atomic mass is 16.8. The van der Waals surface area contributed by atoms with Gasteiger partial charge in [0.15, 0.2) is 44.0 Å². The summed E-state index contributed by atoms with van der Waals surface area (Å²) in [7, 11) is 29.8. The summed E-state index contributed by atoms with van der Waals surface area (Å²) in [5, 5.41) is 3.95. The molecule has 0 unspecified atom stereocenters. The second-order valence-corrected chi connectivity index (χ2v) is 24.5. The monoisotopic (exact) mass is 1440 g/mol. The molecule has 21 saturated heterocycles. The molecule has 0 aliphatic carbocycles. The first kappa shape index (κ1) is 82.6. The van der Waals surface area contributed by atoms with Crippen LogP contribution in [0.15, 0.2) is 5.11 Å². The van der Waals surface area contributed by atoms with Gasteiger partial charge in [0.2, 0.25) is 0 Å². The largest absolute Gasteiger partial charge is 0.382 e. The van der Waals surface area contributed by atoms with Gasteiger partial charge in [-0.1, -0.05) is 5.11 Å². The fraction of sp³-hybridized carbons (Fsp3) is 1.00. The molecule has 37 heteroatoms. The summed E-state index contributed by atoms with van der Waals surface area (Å²) in [5.41, 5.74) is 9.84. The molecule has 21 aliphatic heterocycles. The molecular formula is C62H109N3O34. The molecule has 99 heavy (non-hydrogen) atoms. The van der Waals surface area contributed by atoms with Crippen molar-refractivity contribution in [3.05, 3.63) is 10.4 Å². The van der Waals surface area contributed by atoms with Gasteiger partial charge in [-0.2, -0.15) is 0 Å². The van der Waals surface area contributed by atoms with E-state index >= 15 is 0 Å². The zero-order valence-electron chi connectivity index (χ0n) is 60.4. The molecule has 0 saturated carbocycles. The normalized spacial score (nSPS) is 45.6. The average molecular weight is 1440 g/mol. The first-order chi connectivity index (χ1) is 48.2. The van der Waals surface area contributed by atoms with Gasteiger partial charge in [-0.15, -0.1) is 0 Å². The molecule has 21 aliphatic rings. The van der Waals surface area contributed by atoms with Crippen molar-refractivity contribution >= 4 is 0 Å². The summed E-state index contributed by atoms with van der Waals surface area (Å²) in [4.78, 5) is 3.08. The predicted molar refractivity (Wildman–Crippen MR) is 331 cm³/mol. The molecule has 21 rings (SSSR count). The molecule has 0 radical (unpaired) electrons. The lowest BCUT2D eigenvalue weighted by Crippen LogP contribution is -2.69. The van der Waals surface area contributed by atoms with Gasteiger partial charge < -0.3 is 161 Å². The topological polar surface area (TPSA) is 363 Å². The number of methoxy groups -OCH3 is 20. The van der Waals surface area contributed by atoms with Crippen LogP contribution in [0.1, 0.15) is 0 Å². The molecule has 14 bridgehead atoms.